The number of rotatable bonds is 1. The molecule has 0 aromatic rings. The van der Waals surface area contributed by atoms with E-state index in [-0.39, 0.29) is 0 Å². The van der Waals surface area contributed by atoms with Crippen LogP contribution in [0.1, 0.15) is 27.7 Å². The molecule has 0 aliphatic heterocycles. The normalized spacial score (nSPS) is 11.0. The van der Waals surface area contributed by atoms with Crippen molar-refractivity contribution in [2.24, 2.45) is 4.99 Å². The maximum Gasteiger partial charge on any atom is 0.0428 e. The second-order valence-electron chi connectivity index (χ2n) is 1.16. The van der Waals surface area contributed by atoms with Crippen molar-refractivity contribution in [2.75, 3.05) is 0 Å². The maximum atomic E-state index is 3.90. The summed E-state index contributed by atoms with van der Waals surface area (Å²) in [7, 11) is 0. The Bertz CT molecular complexity index is 95.1. The number of hydrogen-bond donors (Lipinski definition) is 1. The van der Waals surface area contributed by atoms with Gasteiger partial charge in [-0.1, -0.05) is 13.8 Å². The number of aliphatic imine (C=N–C) groups is 1. The highest BCUT2D eigenvalue weighted by Gasteiger charge is 1.71. The van der Waals surface area contributed by atoms with Gasteiger partial charge in [0.2, 0.25) is 0 Å². The molecule has 0 heterocycles. The molecule has 0 N–H and O–H groups in total. The molecular weight excluding hydrogens is 130 g/mol. The molecule has 54 valence electrons. The number of hydrogen-bond acceptors (Lipinski definition) is 2. The molecule has 0 spiro atoms. The molecule has 0 aromatic carbocycles. The van der Waals surface area contributed by atoms with Crippen LogP contribution in [0, 0.1) is 0 Å². The van der Waals surface area contributed by atoms with E-state index >= 15 is 0 Å². The van der Waals surface area contributed by atoms with Crippen LogP contribution < -0.4 is 0 Å². The molecule has 0 amide bonds. The van der Waals surface area contributed by atoms with E-state index in [4.69, 9.17) is 0 Å². The Morgan fingerprint density at radius 3 is 2.00 bits per heavy atom. The lowest BCUT2D eigenvalue weighted by Gasteiger charge is -1.81. The van der Waals surface area contributed by atoms with Crippen molar-refractivity contribution in [3.05, 3.63) is 11.1 Å². The van der Waals surface area contributed by atoms with Crippen LogP contribution in [-0.4, -0.2) is 6.21 Å². The lowest BCUT2D eigenvalue weighted by Crippen LogP contribution is -1.63. The van der Waals surface area contributed by atoms with Gasteiger partial charge in [-0.15, -0.1) is 12.6 Å². The van der Waals surface area contributed by atoms with Crippen molar-refractivity contribution in [3.8, 4) is 0 Å². The van der Waals surface area contributed by atoms with E-state index in [9.17, 15) is 0 Å². The van der Waals surface area contributed by atoms with Gasteiger partial charge in [-0.25, -0.2) is 0 Å². The quantitative estimate of drug-likeness (QED) is 0.430. The standard InChI is InChI=1S/C5H9NS.C2H6/c1-3-6-5(2)4-7;1-2/h3-4,7H,1-2H3;1-2H3/b5-4-,6-3?;. The average molecular weight is 145 g/mol. The molecular formula is C7H15NS. The molecule has 0 bridgehead atoms. The lowest BCUT2D eigenvalue weighted by molar-refractivity contribution is 1.33. The van der Waals surface area contributed by atoms with E-state index in [1.54, 1.807) is 11.6 Å². The van der Waals surface area contributed by atoms with Gasteiger partial charge in [-0.05, 0) is 19.3 Å². The topological polar surface area (TPSA) is 12.4 Å². The van der Waals surface area contributed by atoms with Crippen molar-refractivity contribution in [1.29, 1.82) is 0 Å². The van der Waals surface area contributed by atoms with Crippen LogP contribution in [0.2, 0.25) is 0 Å². The minimum absolute atomic E-state index is 0.936. The summed E-state index contributed by atoms with van der Waals surface area (Å²) < 4.78 is 0. The monoisotopic (exact) mass is 145 g/mol. The van der Waals surface area contributed by atoms with E-state index in [1.807, 2.05) is 27.7 Å². The number of thiol groups is 1. The van der Waals surface area contributed by atoms with Crippen LogP contribution in [0.4, 0.5) is 0 Å². The first-order valence-corrected chi connectivity index (χ1v) is 3.62. The average Bonchev–Trinajstić information content (AvgIpc) is 1.93. The van der Waals surface area contributed by atoms with E-state index in [2.05, 4.69) is 17.6 Å². The van der Waals surface area contributed by atoms with E-state index in [0.717, 1.165) is 5.70 Å². The van der Waals surface area contributed by atoms with E-state index in [0.29, 0.717) is 0 Å². The third kappa shape index (κ3) is 11.4. The third-order valence-corrected chi connectivity index (χ3v) is 0.893. The van der Waals surface area contributed by atoms with Crippen LogP contribution in [-0.2, 0) is 0 Å². The first-order chi connectivity index (χ1) is 4.31. The lowest BCUT2D eigenvalue weighted by atomic mass is 10.6. The van der Waals surface area contributed by atoms with E-state index in [1.165, 1.54) is 0 Å². The zero-order valence-corrected chi connectivity index (χ0v) is 7.44. The van der Waals surface area contributed by atoms with Gasteiger partial charge < -0.3 is 0 Å². The zero-order valence-electron chi connectivity index (χ0n) is 6.55. The summed E-state index contributed by atoms with van der Waals surface area (Å²) in [5.41, 5.74) is 0.936. The molecule has 0 saturated heterocycles. The highest BCUT2D eigenvalue weighted by atomic mass is 32.1. The first kappa shape index (κ1) is 11.5. The summed E-state index contributed by atoms with van der Waals surface area (Å²) in [6.45, 7) is 7.77. The fourth-order valence-electron chi connectivity index (χ4n) is 0.237. The summed E-state index contributed by atoms with van der Waals surface area (Å²) in [5.74, 6) is 0. The van der Waals surface area contributed by atoms with Crippen LogP contribution in [0.3, 0.4) is 0 Å². The van der Waals surface area contributed by atoms with Gasteiger partial charge in [0.25, 0.3) is 0 Å². The smallest absolute Gasteiger partial charge is 0.0428 e. The van der Waals surface area contributed by atoms with Crippen molar-refractivity contribution >= 4 is 18.8 Å². The van der Waals surface area contributed by atoms with Crippen LogP contribution in [0.15, 0.2) is 16.1 Å². The van der Waals surface area contributed by atoms with Gasteiger partial charge in [0.05, 0.1) is 0 Å². The summed E-state index contributed by atoms with van der Waals surface area (Å²) >= 11 is 3.87. The Hall–Kier alpha value is -0.240. The molecule has 0 atom stereocenters. The molecule has 0 aliphatic rings. The Morgan fingerprint density at radius 1 is 1.44 bits per heavy atom. The van der Waals surface area contributed by atoms with Gasteiger partial charge in [0, 0.05) is 11.9 Å². The molecule has 0 aromatic heterocycles. The maximum absolute atomic E-state index is 3.90. The third-order valence-electron chi connectivity index (χ3n) is 0.520. The molecule has 0 radical (unpaired) electrons. The van der Waals surface area contributed by atoms with Gasteiger partial charge in [-0.2, -0.15) is 0 Å². The Labute approximate surface area is 63.3 Å². The van der Waals surface area contributed by atoms with Gasteiger partial charge in [0.1, 0.15) is 0 Å². The minimum atomic E-state index is 0.936. The molecule has 9 heavy (non-hydrogen) atoms. The second-order valence-corrected chi connectivity index (χ2v) is 1.42. The molecule has 0 saturated carbocycles. The van der Waals surface area contributed by atoms with Crippen molar-refractivity contribution in [2.45, 2.75) is 27.7 Å². The Morgan fingerprint density at radius 2 is 1.89 bits per heavy atom. The summed E-state index contributed by atoms with van der Waals surface area (Å²) in [6.07, 6.45) is 1.74. The van der Waals surface area contributed by atoms with Crippen molar-refractivity contribution < 1.29 is 0 Å². The SMILES string of the molecule is CC.CC=N/C(C)=C\S. The van der Waals surface area contributed by atoms with Gasteiger partial charge in [0.15, 0.2) is 0 Å². The van der Waals surface area contributed by atoms with Crippen LogP contribution in [0.25, 0.3) is 0 Å². The summed E-state index contributed by atoms with van der Waals surface area (Å²) in [5, 5.41) is 1.67. The molecule has 0 rings (SSSR count). The molecule has 1 nitrogen and oxygen atoms in total. The first-order valence-electron chi connectivity index (χ1n) is 3.11. The highest BCUT2D eigenvalue weighted by molar-refractivity contribution is 7.83. The van der Waals surface area contributed by atoms with Crippen LogP contribution in [0.5, 0.6) is 0 Å². The largest absolute Gasteiger partial charge is 0.266 e. The summed E-state index contributed by atoms with van der Waals surface area (Å²) in [4.78, 5) is 3.90. The van der Waals surface area contributed by atoms with Crippen LogP contribution >= 0.6 is 12.6 Å². The highest BCUT2D eigenvalue weighted by Crippen LogP contribution is 1.93. The number of nitrogens with zero attached hydrogens (tertiary/aromatic N) is 1. The van der Waals surface area contributed by atoms with Gasteiger partial charge in [-0.3, -0.25) is 4.99 Å². The fourth-order valence-corrected chi connectivity index (χ4v) is 0.304. The van der Waals surface area contributed by atoms with Crippen molar-refractivity contribution in [1.82, 2.24) is 0 Å². The Balaban J connectivity index is 0. The Kier molecular flexibility index (Phi) is 13.7. The van der Waals surface area contributed by atoms with Gasteiger partial charge >= 0.3 is 0 Å². The number of allylic oxidation sites excluding steroid dienone is 1. The molecule has 0 aliphatic carbocycles. The minimum Gasteiger partial charge on any atom is -0.266 e. The second kappa shape index (κ2) is 10.7. The van der Waals surface area contributed by atoms with E-state index < -0.39 is 0 Å². The predicted octanol–water partition coefficient (Wildman–Crippen LogP) is 2.89. The summed E-state index contributed by atoms with van der Waals surface area (Å²) in [6, 6.07) is 0. The molecule has 0 unspecified atom stereocenters. The fraction of sp³-hybridized carbons (Fsp3) is 0.571. The molecule has 2 heteroatoms. The predicted molar refractivity (Wildman–Crippen MR) is 48.3 cm³/mol. The molecule has 0 fully saturated rings. The van der Waals surface area contributed by atoms with Crippen molar-refractivity contribution in [3.63, 3.8) is 0 Å². The zero-order chi connectivity index (χ0) is 7.70.